The normalized spacial score (nSPS) is 10.4. The van der Waals surface area contributed by atoms with Crippen LogP contribution in [0.4, 0.5) is 13.2 Å². The second kappa shape index (κ2) is 7.99. The molecule has 0 aliphatic carbocycles. The van der Waals surface area contributed by atoms with Crippen molar-refractivity contribution in [2.75, 3.05) is 0 Å². The Bertz CT molecular complexity index is 628. The third-order valence-corrected chi connectivity index (χ3v) is 2.41. The number of hydrogen-bond acceptors (Lipinski definition) is 4. The van der Waals surface area contributed by atoms with E-state index in [2.05, 4.69) is 0 Å². The molecular weight excluding hydrogens is 317 g/mol. The lowest BCUT2D eigenvalue weighted by Gasteiger charge is -2.05. The van der Waals surface area contributed by atoms with Crippen LogP contribution >= 0.6 is 0 Å². The summed E-state index contributed by atoms with van der Waals surface area (Å²) in [5.74, 6) is -1.40. The average molecular weight is 330 g/mol. The molecule has 0 amide bonds. The second-order valence-electron chi connectivity index (χ2n) is 4.15. The van der Waals surface area contributed by atoms with Crippen LogP contribution in [0.25, 0.3) is 0 Å². The molecule has 1 heterocycles. The molecule has 0 atom stereocenters. The molecule has 3 N–H and O–H groups in total. The molecule has 2 aromatic rings. The highest BCUT2D eigenvalue weighted by atomic mass is 19.4. The predicted octanol–water partition coefficient (Wildman–Crippen LogP) is 2.20. The number of rotatable bonds is 3. The number of ether oxygens (including phenoxy) is 1. The quantitative estimate of drug-likeness (QED) is 0.664. The van der Waals surface area contributed by atoms with Crippen molar-refractivity contribution in [1.29, 1.82) is 0 Å². The number of hydrogen-bond donors (Lipinski definition) is 2. The summed E-state index contributed by atoms with van der Waals surface area (Å²) in [5.41, 5.74) is 6.54. The van der Waals surface area contributed by atoms with Crippen LogP contribution in [0.15, 0.2) is 48.8 Å². The lowest BCUT2D eigenvalue weighted by molar-refractivity contribution is -0.605. The summed E-state index contributed by atoms with van der Waals surface area (Å²) in [6, 6.07) is 10.7. The van der Waals surface area contributed by atoms with Crippen molar-refractivity contribution in [3.8, 4) is 11.5 Å². The summed E-state index contributed by atoms with van der Waals surface area (Å²) in [6.45, 7) is 0.516. The van der Waals surface area contributed by atoms with E-state index in [4.69, 9.17) is 20.4 Å². The van der Waals surface area contributed by atoms with E-state index in [1.54, 1.807) is 12.1 Å². The minimum absolute atomic E-state index is 0.516. The fourth-order valence-electron chi connectivity index (χ4n) is 1.30. The lowest BCUT2D eigenvalue weighted by atomic mass is 10.2. The van der Waals surface area contributed by atoms with Gasteiger partial charge in [0.15, 0.2) is 12.4 Å². The molecule has 0 bridgehead atoms. The van der Waals surface area contributed by atoms with Crippen molar-refractivity contribution in [1.82, 2.24) is 0 Å². The highest BCUT2D eigenvalue weighted by Gasteiger charge is 2.38. The Morgan fingerprint density at radius 2 is 1.57 bits per heavy atom. The molecule has 0 unspecified atom stereocenters. The Kier molecular flexibility index (Phi) is 6.34. The third kappa shape index (κ3) is 6.66. The van der Waals surface area contributed by atoms with Gasteiger partial charge in [-0.1, -0.05) is 12.1 Å². The molecule has 6 nitrogen and oxygen atoms in total. The number of nitrogens with two attached hydrogens (primary N) is 1. The minimum atomic E-state index is -5.08. The first-order valence-corrected chi connectivity index (χ1v) is 6.18. The maximum atomic E-state index is 10.8. The van der Waals surface area contributed by atoms with Gasteiger partial charge >= 0.3 is 12.1 Å². The van der Waals surface area contributed by atoms with E-state index in [0.29, 0.717) is 17.0 Å². The van der Waals surface area contributed by atoms with Gasteiger partial charge in [0.2, 0.25) is 0 Å². The zero-order valence-corrected chi connectivity index (χ0v) is 11.7. The van der Waals surface area contributed by atoms with Crippen molar-refractivity contribution in [2.45, 2.75) is 12.7 Å². The highest BCUT2D eigenvalue weighted by molar-refractivity contribution is 5.73. The van der Waals surface area contributed by atoms with Gasteiger partial charge in [-0.15, -0.1) is 0 Å². The van der Waals surface area contributed by atoms with Crippen molar-refractivity contribution in [3.05, 3.63) is 59.6 Å². The molecule has 0 aliphatic heterocycles. The van der Waals surface area contributed by atoms with Crippen LogP contribution in [-0.4, -0.2) is 17.3 Å². The van der Waals surface area contributed by atoms with Gasteiger partial charge in [0.1, 0.15) is 11.5 Å². The van der Waals surface area contributed by atoms with Crippen molar-refractivity contribution < 1.29 is 32.5 Å². The van der Waals surface area contributed by atoms with Crippen molar-refractivity contribution in [3.63, 3.8) is 0 Å². The Morgan fingerprint density at radius 3 is 1.96 bits per heavy atom. The molecular formula is C14H13F3N2O4. The largest absolute Gasteiger partial charge is 0.619 e. The molecule has 0 spiro atoms. The first-order valence-electron chi connectivity index (χ1n) is 6.18. The Hall–Kier alpha value is -2.81. The minimum Gasteiger partial charge on any atom is -0.619 e. The standard InChI is InChI=1S/C12H12N2O2.C2HF3O2/c13-9-10-1-3-11(4-2-10)16-12-5-7-14(15)8-6-12;3-2(4,5)1(6)7/h1-8H,9,13H2;(H,6,7). The van der Waals surface area contributed by atoms with E-state index < -0.39 is 12.1 Å². The van der Waals surface area contributed by atoms with Gasteiger partial charge in [-0.25, -0.2) is 4.79 Å². The summed E-state index contributed by atoms with van der Waals surface area (Å²) in [7, 11) is 0. The monoisotopic (exact) mass is 330 g/mol. The first kappa shape index (κ1) is 18.2. The predicted molar refractivity (Wildman–Crippen MR) is 73.5 cm³/mol. The van der Waals surface area contributed by atoms with Gasteiger partial charge in [-0.05, 0) is 17.7 Å². The van der Waals surface area contributed by atoms with Crippen molar-refractivity contribution in [2.24, 2.45) is 5.73 Å². The molecule has 0 fully saturated rings. The molecule has 0 radical (unpaired) electrons. The molecule has 0 saturated carbocycles. The summed E-state index contributed by atoms with van der Waals surface area (Å²) >= 11 is 0. The van der Waals surface area contributed by atoms with E-state index >= 15 is 0 Å². The fraction of sp³-hybridized carbons (Fsp3) is 0.143. The smallest absolute Gasteiger partial charge is 0.490 e. The van der Waals surface area contributed by atoms with Crippen LogP contribution in [0, 0.1) is 5.21 Å². The van der Waals surface area contributed by atoms with E-state index in [-0.39, 0.29) is 0 Å². The zero-order valence-electron chi connectivity index (χ0n) is 11.7. The zero-order chi connectivity index (χ0) is 17.5. The van der Waals surface area contributed by atoms with Crippen LogP contribution in [0.2, 0.25) is 0 Å². The Labute approximate surface area is 129 Å². The highest BCUT2D eigenvalue weighted by Crippen LogP contribution is 2.20. The first-order chi connectivity index (χ1) is 10.7. The van der Waals surface area contributed by atoms with Gasteiger partial charge in [-0.3, -0.25) is 0 Å². The number of carboxylic acids is 1. The third-order valence-electron chi connectivity index (χ3n) is 2.41. The number of halogens is 3. The maximum absolute atomic E-state index is 10.8. The van der Waals surface area contributed by atoms with E-state index in [1.807, 2.05) is 24.3 Å². The Morgan fingerprint density at radius 1 is 1.13 bits per heavy atom. The number of carboxylic acid groups (broad SMARTS) is 1. The molecule has 1 aromatic carbocycles. The molecule has 2 rings (SSSR count). The fourth-order valence-corrected chi connectivity index (χ4v) is 1.30. The molecule has 1 aromatic heterocycles. The van der Waals surface area contributed by atoms with E-state index in [1.165, 1.54) is 12.4 Å². The SMILES string of the molecule is NCc1ccc(Oc2cc[n+]([O-])cc2)cc1.O=C(O)C(F)(F)F. The van der Waals surface area contributed by atoms with Gasteiger partial charge in [0, 0.05) is 18.7 Å². The molecule has 9 heteroatoms. The molecule has 0 saturated heterocycles. The number of carbonyl (C=O) groups is 1. The molecule has 124 valence electrons. The molecule has 23 heavy (non-hydrogen) atoms. The topological polar surface area (TPSA) is 99.5 Å². The summed E-state index contributed by atoms with van der Waals surface area (Å²) < 4.78 is 38.0. The van der Waals surface area contributed by atoms with Crippen LogP contribution in [0.3, 0.4) is 0 Å². The van der Waals surface area contributed by atoms with Gasteiger partial charge < -0.3 is 20.8 Å². The number of aromatic nitrogens is 1. The number of pyridine rings is 1. The van der Waals surface area contributed by atoms with Gasteiger partial charge in [-0.2, -0.15) is 17.9 Å². The van der Waals surface area contributed by atoms with E-state index in [0.717, 1.165) is 11.3 Å². The number of nitrogens with zero attached hydrogens (tertiary/aromatic N) is 1. The van der Waals surface area contributed by atoms with Crippen LogP contribution in [-0.2, 0) is 11.3 Å². The van der Waals surface area contributed by atoms with Crippen LogP contribution in [0.5, 0.6) is 11.5 Å². The average Bonchev–Trinajstić information content (AvgIpc) is 2.50. The van der Waals surface area contributed by atoms with E-state index in [9.17, 15) is 18.4 Å². The second-order valence-corrected chi connectivity index (χ2v) is 4.15. The number of alkyl halides is 3. The summed E-state index contributed by atoms with van der Waals surface area (Å²) in [5, 5.41) is 17.9. The Balaban J connectivity index is 0.000000322. The van der Waals surface area contributed by atoms with Gasteiger partial charge in [0.25, 0.3) is 0 Å². The maximum Gasteiger partial charge on any atom is 0.490 e. The van der Waals surface area contributed by atoms with Gasteiger partial charge in [0.05, 0.1) is 0 Å². The summed E-state index contributed by atoms with van der Waals surface area (Å²) in [4.78, 5) is 8.90. The lowest BCUT2D eigenvalue weighted by Crippen LogP contribution is -2.23. The number of benzene rings is 1. The summed E-state index contributed by atoms with van der Waals surface area (Å²) in [6.07, 6.45) is -2.30. The van der Waals surface area contributed by atoms with Crippen molar-refractivity contribution >= 4 is 5.97 Å². The van der Waals surface area contributed by atoms with Crippen LogP contribution < -0.4 is 15.2 Å². The number of aliphatic carboxylic acids is 1. The van der Waals surface area contributed by atoms with Crippen LogP contribution in [0.1, 0.15) is 5.56 Å². The molecule has 0 aliphatic rings.